The molecule has 1 aliphatic rings. The Morgan fingerprint density at radius 2 is 1.36 bits per heavy atom. The van der Waals surface area contributed by atoms with Crippen LogP contribution in [-0.2, 0) is 0 Å². The molecule has 0 bridgehead atoms. The van der Waals surface area contributed by atoms with Gasteiger partial charge in [-0.15, -0.1) is 33.2 Å². The van der Waals surface area contributed by atoms with Gasteiger partial charge in [0.25, 0.3) is 0 Å². The molecule has 0 unspecified atom stereocenters. The van der Waals surface area contributed by atoms with E-state index in [9.17, 15) is 0 Å². The van der Waals surface area contributed by atoms with E-state index >= 15 is 0 Å². The SMILES string of the molecule is Cl[Si](Cl)(Cl)[SiH]1CCCCC1.O. The Labute approximate surface area is 83.8 Å². The predicted octanol–water partition coefficient (Wildman–Crippen LogP) is 2.31. The highest BCUT2D eigenvalue weighted by Gasteiger charge is 2.38. The maximum absolute atomic E-state index is 5.94. The van der Waals surface area contributed by atoms with Crippen molar-refractivity contribution in [3.8, 4) is 0 Å². The van der Waals surface area contributed by atoms with E-state index in [-0.39, 0.29) is 5.48 Å². The molecule has 0 aliphatic carbocycles. The van der Waals surface area contributed by atoms with Crippen molar-refractivity contribution in [2.45, 2.75) is 31.4 Å². The van der Waals surface area contributed by atoms with E-state index in [1.54, 1.807) is 0 Å². The molecule has 0 aromatic rings. The number of hydrogen-bond donors (Lipinski definition) is 0. The molecule has 11 heavy (non-hydrogen) atoms. The van der Waals surface area contributed by atoms with Gasteiger partial charge < -0.3 is 5.48 Å². The largest absolute Gasteiger partial charge is 0.412 e. The fourth-order valence-corrected chi connectivity index (χ4v) is 13.0. The average Bonchev–Trinajstić information content (AvgIpc) is 1.88. The summed E-state index contributed by atoms with van der Waals surface area (Å²) in [6.07, 6.45) is 3.99. The van der Waals surface area contributed by atoms with Gasteiger partial charge in [0.2, 0.25) is 0 Å². The highest BCUT2D eigenvalue weighted by atomic mass is 35.8. The zero-order valence-electron chi connectivity index (χ0n) is 6.25. The van der Waals surface area contributed by atoms with E-state index in [2.05, 4.69) is 0 Å². The van der Waals surface area contributed by atoms with Crippen LogP contribution in [0.25, 0.3) is 0 Å². The smallest absolute Gasteiger partial charge is 0.321 e. The van der Waals surface area contributed by atoms with Gasteiger partial charge in [0.1, 0.15) is 0 Å². The van der Waals surface area contributed by atoms with Gasteiger partial charge in [0.15, 0.2) is 0 Å². The fraction of sp³-hybridized carbons (Fsp3) is 1.00. The van der Waals surface area contributed by atoms with Crippen LogP contribution in [-0.4, -0.2) is 19.3 Å². The lowest BCUT2D eigenvalue weighted by Crippen LogP contribution is -2.37. The van der Waals surface area contributed by atoms with E-state index in [0.717, 1.165) is 0 Å². The van der Waals surface area contributed by atoms with E-state index in [0.29, 0.717) is 0 Å². The molecular weight excluding hydrogens is 239 g/mol. The van der Waals surface area contributed by atoms with Crippen molar-refractivity contribution in [1.29, 1.82) is 0 Å². The summed E-state index contributed by atoms with van der Waals surface area (Å²) in [5.41, 5.74) is -2.20. The number of rotatable bonds is 1. The minimum Gasteiger partial charge on any atom is -0.412 e. The Hall–Kier alpha value is 1.26. The summed E-state index contributed by atoms with van der Waals surface area (Å²) < 4.78 is 0. The fourth-order valence-electron chi connectivity index (χ4n) is 1.43. The molecule has 2 N–H and O–H groups in total. The summed E-state index contributed by atoms with van der Waals surface area (Å²) in [6, 6.07) is 2.56. The standard InChI is InChI=1S/C5H11Cl3Si2.H2O/c6-10(7,8)9-4-2-1-3-5-9;/h9H,1-5H2;1H2. The third-order valence-corrected chi connectivity index (χ3v) is 18.0. The van der Waals surface area contributed by atoms with Crippen molar-refractivity contribution >= 4 is 47.1 Å². The molecule has 1 nitrogen and oxygen atoms in total. The summed E-state index contributed by atoms with van der Waals surface area (Å²) in [5.74, 6) is 0. The summed E-state index contributed by atoms with van der Waals surface area (Å²) in [7, 11) is -0.879. The second-order valence-electron chi connectivity index (χ2n) is 2.88. The lowest BCUT2D eigenvalue weighted by atomic mass is 10.3. The van der Waals surface area contributed by atoms with Gasteiger partial charge in [0, 0.05) is 0 Å². The topological polar surface area (TPSA) is 31.5 Å². The Bertz CT molecular complexity index is 111. The van der Waals surface area contributed by atoms with Crippen molar-refractivity contribution < 1.29 is 5.48 Å². The lowest BCUT2D eigenvalue weighted by Gasteiger charge is -2.24. The van der Waals surface area contributed by atoms with E-state index in [1.165, 1.54) is 31.4 Å². The number of hydrogen-bond acceptors (Lipinski definition) is 0. The first-order chi connectivity index (χ1) is 4.61. The van der Waals surface area contributed by atoms with Gasteiger partial charge in [-0.2, -0.15) is 0 Å². The molecule has 0 aromatic heterocycles. The molecule has 1 rings (SSSR count). The van der Waals surface area contributed by atoms with Crippen molar-refractivity contribution in [2.24, 2.45) is 0 Å². The first-order valence-electron chi connectivity index (χ1n) is 3.67. The minimum atomic E-state index is -2.20. The molecule has 1 heterocycles. The summed E-state index contributed by atoms with van der Waals surface area (Å²) in [6.45, 7) is 0. The summed E-state index contributed by atoms with van der Waals surface area (Å²) >= 11 is 17.8. The van der Waals surface area contributed by atoms with Gasteiger partial charge in [-0.1, -0.05) is 31.4 Å². The molecule has 0 atom stereocenters. The Morgan fingerprint density at radius 3 is 1.64 bits per heavy atom. The molecule has 0 saturated carbocycles. The second kappa shape index (κ2) is 5.09. The lowest BCUT2D eigenvalue weighted by molar-refractivity contribution is 0.730. The Kier molecular flexibility index (Phi) is 5.68. The zero-order chi connectivity index (χ0) is 7.61. The zero-order valence-corrected chi connectivity index (χ0v) is 10.7. The highest BCUT2D eigenvalue weighted by molar-refractivity contribution is 7.85. The molecule has 6 heteroatoms. The van der Waals surface area contributed by atoms with Crippen molar-refractivity contribution in [3.63, 3.8) is 0 Å². The van der Waals surface area contributed by atoms with Crippen LogP contribution < -0.4 is 0 Å². The summed E-state index contributed by atoms with van der Waals surface area (Å²) in [5, 5.41) is 0. The van der Waals surface area contributed by atoms with Gasteiger partial charge >= 0.3 is 5.52 Å². The number of halogens is 3. The van der Waals surface area contributed by atoms with E-state index < -0.39 is 13.8 Å². The van der Waals surface area contributed by atoms with Crippen LogP contribution in [0.3, 0.4) is 0 Å². The Morgan fingerprint density at radius 1 is 0.909 bits per heavy atom. The third kappa shape index (κ3) is 4.15. The normalized spacial score (nSPS) is 21.0. The van der Waals surface area contributed by atoms with E-state index in [1.807, 2.05) is 0 Å². The average molecular weight is 252 g/mol. The molecule has 1 aliphatic heterocycles. The van der Waals surface area contributed by atoms with Crippen molar-refractivity contribution in [3.05, 3.63) is 0 Å². The van der Waals surface area contributed by atoms with Crippen LogP contribution in [0.1, 0.15) is 19.3 Å². The first kappa shape index (κ1) is 12.3. The molecule has 1 fully saturated rings. The highest BCUT2D eigenvalue weighted by Crippen LogP contribution is 2.32. The van der Waals surface area contributed by atoms with Gasteiger partial charge in [0.05, 0.1) is 8.31 Å². The minimum absolute atomic E-state index is 0. The third-order valence-electron chi connectivity index (χ3n) is 2.07. The second-order valence-corrected chi connectivity index (χ2v) is 22.0. The Balaban J connectivity index is 0.000001000. The monoisotopic (exact) mass is 250 g/mol. The van der Waals surface area contributed by atoms with Gasteiger partial charge in [-0.25, -0.2) is 0 Å². The van der Waals surface area contributed by atoms with Crippen LogP contribution in [0.15, 0.2) is 0 Å². The molecule has 0 radical (unpaired) electrons. The molecule has 68 valence electrons. The van der Waals surface area contributed by atoms with Crippen LogP contribution in [0.2, 0.25) is 12.1 Å². The van der Waals surface area contributed by atoms with Crippen LogP contribution in [0.4, 0.5) is 0 Å². The summed E-state index contributed by atoms with van der Waals surface area (Å²) in [4.78, 5) is 0. The van der Waals surface area contributed by atoms with Crippen LogP contribution in [0.5, 0.6) is 0 Å². The molecule has 1 saturated heterocycles. The molecule has 0 aromatic carbocycles. The first-order valence-corrected chi connectivity index (χ1v) is 12.2. The predicted molar refractivity (Wildman–Crippen MR) is 57.5 cm³/mol. The molecule has 0 amide bonds. The molecular formula is C5H13Cl3OSi2. The van der Waals surface area contributed by atoms with Crippen LogP contribution >= 0.6 is 33.2 Å². The maximum atomic E-state index is 5.94. The quantitative estimate of drug-likeness (QED) is 0.506. The van der Waals surface area contributed by atoms with Crippen molar-refractivity contribution in [1.82, 2.24) is 0 Å². The van der Waals surface area contributed by atoms with Gasteiger partial charge in [-0.05, 0) is 0 Å². The van der Waals surface area contributed by atoms with E-state index in [4.69, 9.17) is 33.2 Å². The van der Waals surface area contributed by atoms with Crippen molar-refractivity contribution in [2.75, 3.05) is 0 Å². The maximum Gasteiger partial charge on any atom is 0.321 e. The van der Waals surface area contributed by atoms with Gasteiger partial charge in [-0.3, -0.25) is 0 Å². The molecule has 0 spiro atoms. The van der Waals surface area contributed by atoms with Crippen LogP contribution in [0, 0.1) is 0 Å².